The first-order valence-corrected chi connectivity index (χ1v) is 6.27. The molecule has 0 aliphatic heterocycles. The molecule has 7 heteroatoms. The maximum atomic E-state index is 14.0. The number of carbonyl (C=O) groups is 1. The van der Waals surface area contributed by atoms with E-state index in [0.29, 0.717) is 0 Å². The monoisotopic (exact) mass is 242 g/mol. The quantitative estimate of drug-likeness (QED) is 0.568. The van der Waals surface area contributed by atoms with Crippen molar-refractivity contribution >= 4 is 13.6 Å². The number of halogens is 1. The molecule has 0 rings (SSSR count). The van der Waals surface area contributed by atoms with E-state index in [9.17, 15) is 18.6 Å². The lowest BCUT2D eigenvalue weighted by Crippen LogP contribution is -2.35. The van der Waals surface area contributed by atoms with E-state index in [4.69, 9.17) is 0 Å². The van der Waals surface area contributed by atoms with Crippen LogP contribution in [0.5, 0.6) is 0 Å². The summed E-state index contributed by atoms with van der Waals surface area (Å²) in [6.07, 6.45) is -0.473. The summed E-state index contributed by atoms with van der Waals surface area (Å²) in [5.41, 5.74) is 0. The van der Waals surface area contributed by atoms with Gasteiger partial charge in [-0.25, -0.2) is 9.18 Å². The Balaban J connectivity index is 4.99. The summed E-state index contributed by atoms with van der Waals surface area (Å²) < 4.78 is 34.2. The second-order valence-electron chi connectivity index (χ2n) is 2.77. The molecule has 0 spiro atoms. The molecule has 90 valence electrons. The molecule has 15 heavy (non-hydrogen) atoms. The smallest absolute Gasteiger partial charge is 0.376 e. The largest absolute Gasteiger partial charge is 0.463 e. The van der Waals surface area contributed by atoms with Gasteiger partial charge in [-0.3, -0.25) is 4.57 Å². The Kier molecular flexibility index (Phi) is 5.42. The van der Waals surface area contributed by atoms with Crippen molar-refractivity contribution < 1.29 is 27.9 Å². The molecular formula is C8H16FO5P. The van der Waals surface area contributed by atoms with Crippen molar-refractivity contribution in [2.75, 3.05) is 13.2 Å². The van der Waals surface area contributed by atoms with E-state index >= 15 is 0 Å². The Labute approximate surface area is 88.1 Å². The first-order chi connectivity index (χ1) is 6.85. The summed E-state index contributed by atoms with van der Waals surface area (Å²) in [4.78, 5) is 20.5. The van der Waals surface area contributed by atoms with E-state index in [1.807, 2.05) is 0 Å². The average molecular weight is 242 g/mol. The van der Waals surface area contributed by atoms with E-state index in [-0.39, 0.29) is 13.2 Å². The Morgan fingerprint density at radius 2 is 1.93 bits per heavy atom. The van der Waals surface area contributed by atoms with Crippen molar-refractivity contribution in [1.82, 2.24) is 0 Å². The molecule has 0 aromatic rings. The van der Waals surface area contributed by atoms with Crippen LogP contribution in [0.2, 0.25) is 0 Å². The zero-order valence-corrected chi connectivity index (χ0v) is 9.92. The number of hydrogen-bond acceptors (Lipinski definition) is 4. The van der Waals surface area contributed by atoms with Crippen molar-refractivity contribution in [2.24, 2.45) is 0 Å². The Morgan fingerprint density at radius 1 is 1.40 bits per heavy atom. The fraction of sp³-hybridized carbons (Fsp3) is 0.875. The van der Waals surface area contributed by atoms with E-state index in [1.54, 1.807) is 0 Å². The van der Waals surface area contributed by atoms with Gasteiger partial charge in [0.05, 0.1) is 13.2 Å². The molecule has 0 radical (unpaired) electrons. The van der Waals surface area contributed by atoms with Crippen LogP contribution in [0.25, 0.3) is 0 Å². The third-order valence-corrected chi connectivity index (χ3v) is 3.81. The van der Waals surface area contributed by atoms with Crippen molar-refractivity contribution in [3.05, 3.63) is 0 Å². The molecule has 0 bridgehead atoms. The summed E-state index contributed by atoms with van der Waals surface area (Å²) in [5, 5.41) is -2.97. The highest BCUT2D eigenvalue weighted by Gasteiger charge is 2.56. The van der Waals surface area contributed by atoms with Crippen molar-refractivity contribution in [3.8, 4) is 0 Å². The highest BCUT2D eigenvalue weighted by Crippen LogP contribution is 2.58. The van der Waals surface area contributed by atoms with Crippen LogP contribution in [-0.2, 0) is 18.6 Å². The van der Waals surface area contributed by atoms with Gasteiger partial charge in [0.1, 0.15) is 0 Å². The third kappa shape index (κ3) is 3.00. The number of hydrogen-bond donors (Lipinski definition) is 1. The van der Waals surface area contributed by atoms with Gasteiger partial charge in [-0.1, -0.05) is 6.92 Å². The molecule has 1 N–H and O–H groups in total. The summed E-state index contributed by atoms with van der Waals surface area (Å²) >= 11 is 0. The molecule has 0 heterocycles. The van der Waals surface area contributed by atoms with Crippen molar-refractivity contribution in [1.29, 1.82) is 0 Å². The zero-order valence-electron chi connectivity index (χ0n) is 9.03. The van der Waals surface area contributed by atoms with Crippen LogP contribution in [0.15, 0.2) is 0 Å². The van der Waals surface area contributed by atoms with Crippen LogP contribution in [0.4, 0.5) is 4.39 Å². The lowest BCUT2D eigenvalue weighted by Gasteiger charge is -2.25. The predicted octanol–water partition coefficient (Wildman–Crippen LogP) is 1.85. The number of esters is 1. The Morgan fingerprint density at radius 3 is 2.27 bits per heavy atom. The van der Waals surface area contributed by atoms with Crippen LogP contribution < -0.4 is 0 Å². The van der Waals surface area contributed by atoms with Gasteiger partial charge in [-0.05, 0) is 13.8 Å². The molecule has 2 unspecified atom stereocenters. The highest BCUT2D eigenvalue weighted by atomic mass is 31.2. The molecule has 0 aliphatic rings. The molecule has 0 amide bonds. The summed E-state index contributed by atoms with van der Waals surface area (Å²) in [6.45, 7) is 3.98. The lowest BCUT2D eigenvalue weighted by atomic mass is 10.3. The van der Waals surface area contributed by atoms with Gasteiger partial charge in [0, 0.05) is 6.42 Å². The van der Waals surface area contributed by atoms with Gasteiger partial charge in [-0.2, -0.15) is 0 Å². The second-order valence-corrected chi connectivity index (χ2v) is 4.78. The SMILES string of the molecule is CCOC(=O)C(F)(CC)P(=O)(O)OCC. The van der Waals surface area contributed by atoms with E-state index in [2.05, 4.69) is 9.26 Å². The molecule has 5 nitrogen and oxygen atoms in total. The molecule has 0 aliphatic carbocycles. The fourth-order valence-corrected chi connectivity index (χ4v) is 2.23. The van der Waals surface area contributed by atoms with Crippen LogP contribution in [-0.4, -0.2) is 29.5 Å². The minimum absolute atomic E-state index is 0.0589. The minimum atomic E-state index is -4.64. The normalized spacial score (nSPS) is 19.0. The number of ether oxygens (including phenoxy) is 1. The van der Waals surface area contributed by atoms with Crippen LogP contribution >= 0.6 is 7.60 Å². The van der Waals surface area contributed by atoms with Crippen LogP contribution in [0.3, 0.4) is 0 Å². The minimum Gasteiger partial charge on any atom is -0.463 e. The number of rotatable bonds is 6. The van der Waals surface area contributed by atoms with E-state index in [1.165, 1.54) is 20.8 Å². The average Bonchev–Trinajstić information content (AvgIpc) is 2.16. The van der Waals surface area contributed by atoms with Gasteiger partial charge >= 0.3 is 19.0 Å². The van der Waals surface area contributed by atoms with Crippen molar-refractivity contribution in [2.45, 2.75) is 32.6 Å². The van der Waals surface area contributed by atoms with E-state index < -0.39 is 25.4 Å². The lowest BCUT2D eigenvalue weighted by molar-refractivity contribution is -0.152. The molecule has 0 aromatic carbocycles. The first-order valence-electron chi connectivity index (χ1n) is 4.69. The summed E-state index contributed by atoms with van der Waals surface area (Å²) in [7, 11) is -4.64. The first kappa shape index (κ1) is 14.6. The summed E-state index contributed by atoms with van der Waals surface area (Å²) in [5.74, 6) is -1.35. The maximum absolute atomic E-state index is 14.0. The van der Waals surface area contributed by atoms with Gasteiger partial charge < -0.3 is 14.2 Å². The molecule has 0 saturated carbocycles. The maximum Gasteiger partial charge on any atom is 0.376 e. The standard InChI is InChI=1S/C8H16FO5P/c1-4-8(9,7(10)13-5-2)15(11,12)14-6-3/h4-6H2,1-3H3,(H,11,12). The topological polar surface area (TPSA) is 72.8 Å². The molecular weight excluding hydrogens is 226 g/mol. The van der Waals surface area contributed by atoms with Crippen LogP contribution in [0.1, 0.15) is 27.2 Å². The van der Waals surface area contributed by atoms with Gasteiger partial charge in [0.15, 0.2) is 0 Å². The third-order valence-electron chi connectivity index (χ3n) is 1.81. The zero-order chi connectivity index (χ0) is 12.1. The van der Waals surface area contributed by atoms with Gasteiger partial charge in [0.2, 0.25) is 0 Å². The molecule has 0 fully saturated rings. The predicted molar refractivity (Wildman–Crippen MR) is 52.2 cm³/mol. The van der Waals surface area contributed by atoms with E-state index in [0.717, 1.165) is 0 Å². The van der Waals surface area contributed by atoms with Crippen LogP contribution in [0, 0.1) is 0 Å². The van der Waals surface area contributed by atoms with Gasteiger partial charge in [0.25, 0.3) is 0 Å². The van der Waals surface area contributed by atoms with Gasteiger partial charge in [-0.15, -0.1) is 0 Å². The Bertz CT molecular complexity index is 270. The second kappa shape index (κ2) is 5.58. The molecule has 0 saturated heterocycles. The molecule has 2 atom stereocenters. The summed E-state index contributed by atoms with van der Waals surface area (Å²) in [6, 6.07) is 0. The highest BCUT2D eigenvalue weighted by molar-refractivity contribution is 7.55. The number of carbonyl (C=O) groups excluding carboxylic acids is 1. The van der Waals surface area contributed by atoms with Crippen molar-refractivity contribution in [3.63, 3.8) is 0 Å². The fourth-order valence-electron chi connectivity index (χ4n) is 0.978. The molecule has 0 aromatic heterocycles. The number of alkyl halides is 1. The Hall–Kier alpha value is -0.450.